The lowest BCUT2D eigenvalue weighted by Crippen LogP contribution is -2.44. The summed E-state index contributed by atoms with van der Waals surface area (Å²) in [6, 6.07) is 15.6. The molecule has 196 valence electrons. The molecule has 0 spiro atoms. The van der Waals surface area contributed by atoms with Crippen LogP contribution in [0.2, 0.25) is 5.02 Å². The lowest BCUT2D eigenvalue weighted by Gasteiger charge is -2.38. The predicted molar refractivity (Wildman–Crippen MR) is 153 cm³/mol. The van der Waals surface area contributed by atoms with Gasteiger partial charge < -0.3 is 20.3 Å². The standard InChI is InChI=1S/C30H33ClN6O/c31-27-17-33-30(35-29(27)26-16-32-28-4-2-1-3-25(26)28)34-21-13-20(19-5-6-19)14-23(15-21)36-10-7-22(8-11-36)37-12-9-24(38)18-37/h1-4,13-17,19,22,24,32,38H,5-12,18H2,(H,33,34,35)/t24-/m0/s1. The Labute approximate surface area is 227 Å². The Morgan fingerprint density at radius 2 is 1.84 bits per heavy atom. The van der Waals surface area contributed by atoms with Gasteiger partial charge in [-0.3, -0.25) is 4.90 Å². The van der Waals surface area contributed by atoms with Gasteiger partial charge in [0.25, 0.3) is 0 Å². The molecule has 1 saturated carbocycles. The minimum Gasteiger partial charge on any atom is -0.392 e. The molecule has 2 aromatic heterocycles. The van der Waals surface area contributed by atoms with Gasteiger partial charge in [0, 0.05) is 66.3 Å². The number of aliphatic hydroxyl groups excluding tert-OH is 1. The second-order valence-corrected chi connectivity index (χ2v) is 11.4. The average molecular weight is 529 g/mol. The summed E-state index contributed by atoms with van der Waals surface area (Å²) in [7, 11) is 0. The molecule has 4 aromatic rings. The maximum Gasteiger partial charge on any atom is 0.227 e. The summed E-state index contributed by atoms with van der Waals surface area (Å²) in [5.74, 6) is 1.19. The fraction of sp³-hybridized carbons (Fsp3) is 0.400. The van der Waals surface area contributed by atoms with Gasteiger partial charge >= 0.3 is 0 Å². The van der Waals surface area contributed by atoms with Crippen molar-refractivity contribution < 1.29 is 5.11 Å². The first-order valence-corrected chi connectivity index (χ1v) is 14.2. The fourth-order valence-corrected chi connectivity index (χ4v) is 6.34. The number of piperidine rings is 1. The molecule has 2 saturated heterocycles. The average Bonchev–Trinajstić information content (AvgIpc) is 3.57. The van der Waals surface area contributed by atoms with Crippen molar-refractivity contribution in [2.75, 3.05) is 36.4 Å². The van der Waals surface area contributed by atoms with E-state index in [0.717, 1.165) is 67.6 Å². The van der Waals surface area contributed by atoms with Gasteiger partial charge in [0.1, 0.15) is 0 Å². The van der Waals surface area contributed by atoms with E-state index in [0.29, 0.717) is 28.6 Å². The lowest BCUT2D eigenvalue weighted by molar-refractivity contribution is 0.148. The number of hydrogen-bond donors (Lipinski definition) is 3. The summed E-state index contributed by atoms with van der Waals surface area (Å²) in [4.78, 5) is 17.7. The smallest absolute Gasteiger partial charge is 0.227 e. The first kappa shape index (κ1) is 23.9. The maximum absolute atomic E-state index is 9.95. The maximum atomic E-state index is 9.95. The second kappa shape index (κ2) is 9.88. The molecule has 0 bridgehead atoms. The van der Waals surface area contributed by atoms with Crippen molar-refractivity contribution in [3.05, 3.63) is 65.4 Å². The normalized spacial score (nSPS) is 20.9. The van der Waals surface area contributed by atoms with Crippen LogP contribution in [0.4, 0.5) is 17.3 Å². The molecule has 3 aliphatic rings. The summed E-state index contributed by atoms with van der Waals surface area (Å²) < 4.78 is 0. The number of nitrogens with zero attached hydrogens (tertiary/aromatic N) is 4. The minimum atomic E-state index is -0.150. The van der Waals surface area contributed by atoms with Crippen molar-refractivity contribution in [2.45, 2.75) is 50.2 Å². The highest BCUT2D eigenvalue weighted by Gasteiger charge is 2.31. The molecule has 2 aromatic carbocycles. The Hall–Kier alpha value is -3.13. The lowest BCUT2D eigenvalue weighted by atomic mass is 10.0. The number of aromatic nitrogens is 3. The predicted octanol–water partition coefficient (Wildman–Crippen LogP) is 5.93. The molecule has 0 unspecified atom stereocenters. The minimum absolute atomic E-state index is 0.150. The van der Waals surface area contributed by atoms with Crippen LogP contribution in [0.3, 0.4) is 0 Å². The summed E-state index contributed by atoms with van der Waals surface area (Å²) >= 11 is 6.57. The van der Waals surface area contributed by atoms with Gasteiger partial charge in [0.2, 0.25) is 5.95 Å². The Bertz CT molecular complexity index is 1460. The number of β-amino-alcohol motifs (C(OH)–C–C–N with tert-alkyl or cyclic N) is 1. The monoisotopic (exact) mass is 528 g/mol. The van der Waals surface area contributed by atoms with E-state index >= 15 is 0 Å². The van der Waals surface area contributed by atoms with E-state index in [1.807, 2.05) is 18.3 Å². The Kier molecular flexibility index (Phi) is 6.22. The number of aromatic amines is 1. The Balaban J connectivity index is 1.13. The quantitative estimate of drug-likeness (QED) is 0.287. The summed E-state index contributed by atoms with van der Waals surface area (Å²) in [6.45, 7) is 3.93. The molecule has 4 heterocycles. The van der Waals surface area contributed by atoms with Gasteiger partial charge in [0.05, 0.1) is 23.0 Å². The van der Waals surface area contributed by atoms with Crippen LogP contribution in [-0.2, 0) is 0 Å². The van der Waals surface area contributed by atoms with E-state index in [9.17, 15) is 5.11 Å². The molecule has 1 aliphatic carbocycles. The van der Waals surface area contributed by atoms with Crippen LogP contribution < -0.4 is 10.2 Å². The third-order valence-corrected chi connectivity index (χ3v) is 8.65. The first-order valence-electron chi connectivity index (χ1n) is 13.8. The number of hydrogen-bond acceptors (Lipinski definition) is 6. The third kappa shape index (κ3) is 4.75. The Morgan fingerprint density at radius 1 is 1.00 bits per heavy atom. The largest absolute Gasteiger partial charge is 0.392 e. The van der Waals surface area contributed by atoms with Gasteiger partial charge in [-0.25, -0.2) is 9.97 Å². The van der Waals surface area contributed by atoms with Gasteiger partial charge in [-0.2, -0.15) is 0 Å². The van der Waals surface area contributed by atoms with Crippen molar-refractivity contribution in [2.24, 2.45) is 0 Å². The number of H-pyrrole nitrogens is 1. The molecule has 3 N–H and O–H groups in total. The summed E-state index contributed by atoms with van der Waals surface area (Å²) in [5.41, 5.74) is 6.41. The first-order chi connectivity index (χ1) is 18.6. The number of nitrogens with one attached hydrogen (secondary N) is 2. The van der Waals surface area contributed by atoms with Gasteiger partial charge in [-0.15, -0.1) is 0 Å². The molecule has 8 heteroatoms. The van der Waals surface area contributed by atoms with Crippen molar-refractivity contribution in [3.63, 3.8) is 0 Å². The van der Waals surface area contributed by atoms with E-state index in [-0.39, 0.29) is 6.10 Å². The zero-order chi connectivity index (χ0) is 25.6. The molecule has 7 rings (SSSR count). The SMILES string of the molecule is O[C@H]1CCN(C2CCN(c3cc(Nc4ncc(Cl)c(-c5c[nH]c6ccccc56)n4)cc(C4CC4)c3)CC2)C1. The van der Waals surface area contributed by atoms with Crippen LogP contribution in [0.25, 0.3) is 22.2 Å². The van der Waals surface area contributed by atoms with E-state index in [1.54, 1.807) is 6.20 Å². The highest BCUT2D eigenvalue weighted by molar-refractivity contribution is 6.33. The number of aliphatic hydroxyl groups is 1. The fourth-order valence-electron chi connectivity index (χ4n) is 6.14. The zero-order valence-electron chi connectivity index (χ0n) is 21.4. The van der Waals surface area contributed by atoms with E-state index in [2.05, 4.69) is 55.4 Å². The molecule has 7 nitrogen and oxygen atoms in total. The van der Waals surface area contributed by atoms with E-state index < -0.39 is 0 Å². The third-order valence-electron chi connectivity index (χ3n) is 8.37. The highest BCUT2D eigenvalue weighted by Crippen LogP contribution is 2.43. The van der Waals surface area contributed by atoms with E-state index in [1.165, 1.54) is 24.1 Å². The topological polar surface area (TPSA) is 80.3 Å². The van der Waals surface area contributed by atoms with E-state index in [4.69, 9.17) is 16.6 Å². The number of halogens is 1. The number of rotatable bonds is 6. The molecule has 3 fully saturated rings. The zero-order valence-corrected chi connectivity index (χ0v) is 22.2. The number of likely N-dealkylation sites (tertiary alicyclic amines) is 1. The van der Waals surface area contributed by atoms with Crippen molar-refractivity contribution in [1.82, 2.24) is 19.9 Å². The highest BCUT2D eigenvalue weighted by atomic mass is 35.5. The number of anilines is 3. The van der Waals surface area contributed by atoms with Gasteiger partial charge in [0.15, 0.2) is 0 Å². The Morgan fingerprint density at radius 3 is 2.63 bits per heavy atom. The van der Waals surface area contributed by atoms with Crippen molar-refractivity contribution in [1.29, 1.82) is 0 Å². The molecule has 0 radical (unpaired) electrons. The molecule has 1 atom stereocenters. The second-order valence-electron chi connectivity index (χ2n) is 11.0. The number of para-hydroxylation sites is 1. The van der Waals surface area contributed by atoms with Crippen LogP contribution in [0, 0.1) is 0 Å². The van der Waals surface area contributed by atoms with Crippen molar-refractivity contribution >= 4 is 39.8 Å². The number of benzene rings is 2. The molecular weight excluding hydrogens is 496 g/mol. The van der Waals surface area contributed by atoms with Gasteiger partial charge in [-0.05, 0) is 67.9 Å². The van der Waals surface area contributed by atoms with Gasteiger partial charge in [-0.1, -0.05) is 29.8 Å². The summed E-state index contributed by atoms with van der Waals surface area (Å²) in [6.07, 6.45) is 9.18. The molecule has 2 aliphatic heterocycles. The van der Waals surface area contributed by atoms with Crippen LogP contribution in [0.1, 0.15) is 43.6 Å². The van der Waals surface area contributed by atoms with Crippen LogP contribution in [0.5, 0.6) is 0 Å². The van der Waals surface area contributed by atoms with Crippen LogP contribution >= 0.6 is 11.6 Å². The van der Waals surface area contributed by atoms with Crippen molar-refractivity contribution in [3.8, 4) is 11.3 Å². The molecule has 38 heavy (non-hydrogen) atoms. The number of fused-ring (bicyclic) bond motifs is 1. The molecule has 0 amide bonds. The summed E-state index contributed by atoms with van der Waals surface area (Å²) in [5, 5.41) is 15.1. The molecular formula is C30H33ClN6O. The van der Waals surface area contributed by atoms with Crippen LogP contribution in [-0.4, -0.2) is 63.3 Å². The van der Waals surface area contributed by atoms with Crippen LogP contribution in [0.15, 0.2) is 54.9 Å².